The number of aliphatic hydroxyl groups is 1. The van der Waals surface area contributed by atoms with Crippen molar-refractivity contribution >= 4 is 17.7 Å². The van der Waals surface area contributed by atoms with E-state index in [1.165, 1.54) is 24.1 Å². The zero-order valence-corrected chi connectivity index (χ0v) is 10.2. The van der Waals surface area contributed by atoms with Crippen LogP contribution < -0.4 is 0 Å². The molecule has 0 saturated heterocycles. The smallest absolute Gasteiger partial charge is 0.279 e. The van der Waals surface area contributed by atoms with Crippen molar-refractivity contribution in [1.82, 2.24) is 4.90 Å². The van der Waals surface area contributed by atoms with Crippen molar-refractivity contribution in [2.45, 2.75) is 0 Å². The fourth-order valence-electron chi connectivity index (χ4n) is 1.36. The Morgan fingerprint density at radius 3 is 2.84 bits per heavy atom. The highest BCUT2D eigenvalue weighted by Crippen LogP contribution is 2.21. The number of nitro benzene ring substituents is 1. The molecule has 0 aliphatic carbocycles. The minimum atomic E-state index is -0.718. The monoisotopic (exact) mass is 268 g/mol. The van der Waals surface area contributed by atoms with Gasteiger partial charge in [-0.25, -0.2) is 4.39 Å². The highest BCUT2D eigenvalue weighted by molar-refractivity contribution is 5.92. The number of amides is 1. The SMILES string of the molecule is CN(CCO)C(=O)/C=C/c1ccc(F)cc1[N+](=O)[O-]. The lowest BCUT2D eigenvalue weighted by Crippen LogP contribution is -2.27. The maximum absolute atomic E-state index is 12.9. The van der Waals surface area contributed by atoms with E-state index in [9.17, 15) is 19.3 Å². The highest BCUT2D eigenvalue weighted by Gasteiger charge is 2.13. The van der Waals surface area contributed by atoms with E-state index < -0.39 is 22.3 Å². The van der Waals surface area contributed by atoms with E-state index in [1.807, 2.05) is 0 Å². The van der Waals surface area contributed by atoms with Gasteiger partial charge in [-0.2, -0.15) is 0 Å². The Balaban J connectivity index is 2.93. The van der Waals surface area contributed by atoms with Crippen LogP contribution in [0.15, 0.2) is 24.3 Å². The van der Waals surface area contributed by atoms with E-state index in [4.69, 9.17) is 5.11 Å². The van der Waals surface area contributed by atoms with Gasteiger partial charge in [0.15, 0.2) is 0 Å². The van der Waals surface area contributed by atoms with Gasteiger partial charge in [-0.3, -0.25) is 14.9 Å². The van der Waals surface area contributed by atoms with Crippen LogP contribution in [0.1, 0.15) is 5.56 Å². The molecule has 0 aromatic heterocycles. The highest BCUT2D eigenvalue weighted by atomic mass is 19.1. The second-order valence-corrected chi connectivity index (χ2v) is 3.78. The molecule has 1 aromatic carbocycles. The number of halogens is 1. The van der Waals surface area contributed by atoms with Crippen LogP contribution in [-0.4, -0.2) is 41.0 Å². The minimum absolute atomic E-state index is 0.136. The van der Waals surface area contributed by atoms with Crippen LogP contribution in [0, 0.1) is 15.9 Å². The van der Waals surface area contributed by atoms with Gasteiger partial charge in [0, 0.05) is 19.7 Å². The normalized spacial score (nSPS) is 10.7. The van der Waals surface area contributed by atoms with E-state index in [0.717, 1.165) is 18.2 Å². The lowest BCUT2D eigenvalue weighted by atomic mass is 10.1. The summed E-state index contributed by atoms with van der Waals surface area (Å²) in [5, 5.41) is 19.4. The first-order valence-corrected chi connectivity index (χ1v) is 5.43. The van der Waals surface area contributed by atoms with Crippen molar-refractivity contribution in [2.75, 3.05) is 20.2 Å². The molecule has 1 rings (SSSR count). The van der Waals surface area contributed by atoms with Gasteiger partial charge in [-0.1, -0.05) is 0 Å². The summed E-state index contributed by atoms with van der Waals surface area (Å²) in [6.45, 7) is -0.0124. The fraction of sp³-hybridized carbons (Fsp3) is 0.250. The number of nitro groups is 1. The number of rotatable bonds is 5. The van der Waals surface area contributed by atoms with Crippen LogP contribution in [0.25, 0.3) is 6.08 Å². The Bertz CT molecular complexity index is 516. The van der Waals surface area contributed by atoms with Gasteiger partial charge in [0.1, 0.15) is 5.82 Å². The summed E-state index contributed by atoms with van der Waals surface area (Å²) in [6, 6.07) is 3.10. The number of nitrogens with zero attached hydrogens (tertiary/aromatic N) is 2. The minimum Gasteiger partial charge on any atom is -0.395 e. The van der Waals surface area contributed by atoms with Gasteiger partial charge in [0.25, 0.3) is 5.69 Å². The molecule has 0 heterocycles. The van der Waals surface area contributed by atoms with Crippen LogP contribution >= 0.6 is 0 Å². The van der Waals surface area contributed by atoms with Gasteiger partial charge in [-0.05, 0) is 18.2 Å². The Kier molecular flexibility index (Phi) is 5.13. The van der Waals surface area contributed by atoms with E-state index in [1.54, 1.807) is 0 Å². The zero-order valence-electron chi connectivity index (χ0n) is 10.2. The van der Waals surface area contributed by atoms with E-state index in [2.05, 4.69) is 0 Å². The third-order valence-electron chi connectivity index (χ3n) is 2.41. The molecule has 0 saturated carbocycles. The maximum Gasteiger partial charge on any atom is 0.279 e. The van der Waals surface area contributed by atoms with Crippen LogP contribution in [0.3, 0.4) is 0 Å². The van der Waals surface area contributed by atoms with Gasteiger partial charge < -0.3 is 10.0 Å². The number of carbonyl (C=O) groups excluding carboxylic acids is 1. The first kappa shape index (κ1) is 14.8. The van der Waals surface area contributed by atoms with E-state index in [-0.39, 0.29) is 18.7 Å². The Hall–Kier alpha value is -2.28. The van der Waals surface area contributed by atoms with Crippen molar-refractivity contribution in [3.05, 3.63) is 45.8 Å². The van der Waals surface area contributed by atoms with Gasteiger partial charge in [-0.15, -0.1) is 0 Å². The summed E-state index contributed by atoms with van der Waals surface area (Å²) >= 11 is 0. The summed E-state index contributed by atoms with van der Waals surface area (Å²) in [5.74, 6) is -1.12. The lowest BCUT2D eigenvalue weighted by molar-refractivity contribution is -0.385. The number of hydrogen-bond donors (Lipinski definition) is 1. The summed E-state index contributed by atoms with van der Waals surface area (Å²) in [5.41, 5.74) is -0.272. The van der Waals surface area contributed by atoms with Crippen molar-refractivity contribution in [3.8, 4) is 0 Å². The number of likely N-dealkylation sites (N-methyl/N-ethyl adjacent to an activating group) is 1. The first-order valence-electron chi connectivity index (χ1n) is 5.43. The molecule has 7 heteroatoms. The topological polar surface area (TPSA) is 83.7 Å². The first-order chi connectivity index (χ1) is 8.95. The third-order valence-corrected chi connectivity index (χ3v) is 2.41. The van der Waals surface area contributed by atoms with Crippen molar-refractivity contribution in [3.63, 3.8) is 0 Å². The molecule has 0 radical (unpaired) electrons. The second kappa shape index (κ2) is 6.60. The fourth-order valence-corrected chi connectivity index (χ4v) is 1.36. The van der Waals surface area contributed by atoms with Crippen molar-refractivity contribution in [2.24, 2.45) is 0 Å². The average Bonchev–Trinajstić information content (AvgIpc) is 2.36. The predicted octanol–water partition coefficient (Wildman–Crippen LogP) is 1.20. The molecular weight excluding hydrogens is 255 g/mol. The van der Waals surface area contributed by atoms with Gasteiger partial charge in [0.2, 0.25) is 5.91 Å². The zero-order chi connectivity index (χ0) is 14.4. The lowest BCUT2D eigenvalue weighted by Gasteiger charge is -2.12. The average molecular weight is 268 g/mol. The molecule has 1 aromatic rings. The van der Waals surface area contributed by atoms with Gasteiger partial charge >= 0.3 is 0 Å². The molecule has 0 fully saturated rings. The summed E-state index contributed by atoms with van der Waals surface area (Å²) in [4.78, 5) is 22.8. The number of benzene rings is 1. The van der Waals surface area contributed by atoms with Crippen molar-refractivity contribution < 1.29 is 19.2 Å². The summed E-state index contributed by atoms with van der Waals surface area (Å²) in [7, 11) is 1.49. The summed E-state index contributed by atoms with van der Waals surface area (Å²) < 4.78 is 12.9. The van der Waals surface area contributed by atoms with Crippen LogP contribution in [0.2, 0.25) is 0 Å². The molecule has 0 bridgehead atoms. The molecule has 102 valence electrons. The molecular formula is C12H13FN2O4. The molecule has 0 aliphatic rings. The predicted molar refractivity (Wildman–Crippen MR) is 66.8 cm³/mol. The molecule has 0 aliphatic heterocycles. The quantitative estimate of drug-likeness (QED) is 0.494. The molecule has 1 N–H and O–H groups in total. The number of hydrogen-bond acceptors (Lipinski definition) is 4. The second-order valence-electron chi connectivity index (χ2n) is 3.78. The molecule has 0 spiro atoms. The molecule has 0 atom stereocenters. The van der Waals surface area contributed by atoms with Gasteiger partial charge in [0.05, 0.1) is 23.2 Å². The van der Waals surface area contributed by atoms with E-state index >= 15 is 0 Å². The Labute approximate surface area is 108 Å². The third kappa shape index (κ3) is 4.14. The van der Waals surface area contributed by atoms with Crippen LogP contribution in [0.5, 0.6) is 0 Å². The van der Waals surface area contributed by atoms with Crippen LogP contribution in [-0.2, 0) is 4.79 Å². The Morgan fingerprint density at radius 1 is 1.58 bits per heavy atom. The Morgan fingerprint density at radius 2 is 2.26 bits per heavy atom. The molecule has 6 nitrogen and oxygen atoms in total. The molecule has 19 heavy (non-hydrogen) atoms. The molecule has 0 unspecified atom stereocenters. The summed E-state index contributed by atoms with van der Waals surface area (Å²) in [6.07, 6.45) is 2.38. The standard InChI is InChI=1S/C12H13FN2O4/c1-14(6-7-16)12(17)5-3-9-2-4-10(13)8-11(9)15(18)19/h2-5,8,16H,6-7H2,1H3/b5-3+. The number of aliphatic hydroxyl groups excluding tert-OH is 1. The van der Waals surface area contributed by atoms with E-state index in [0.29, 0.717) is 0 Å². The van der Waals surface area contributed by atoms with Crippen molar-refractivity contribution in [1.29, 1.82) is 0 Å². The maximum atomic E-state index is 12.9. The van der Waals surface area contributed by atoms with Crippen LogP contribution in [0.4, 0.5) is 10.1 Å². The molecule has 1 amide bonds. The number of carbonyl (C=O) groups is 1. The largest absolute Gasteiger partial charge is 0.395 e.